The summed E-state index contributed by atoms with van der Waals surface area (Å²) in [6, 6.07) is 7.73. The number of aliphatic carboxylic acids is 1. The lowest BCUT2D eigenvalue weighted by atomic mass is 10.1. The Labute approximate surface area is 534 Å². The van der Waals surface area contributed by atoms with Gasteiger partial charge < -0.3 is 43.7 Å². The molecule has 0 fully saturated rings. The summed E-state index contributed by atoms with van der Waals surface area (Å²) in [6.07, 6.45) is 0.381. The number of halogens is 9. The van der Waals surface area contributed by atoms with Crippen LogP contribution in [0, 0.1) is 12.7 Å². The second kappa shape index (κ2) is 35.2. The predicted octanol–water partition coefficient (Wildman–Crippen LogP) is 4.12. The van der Waals surface area contributed by atoms with Crippen molar-refractivity contribution in [3.05, 3.63) is 105 Å². The number of aryl methyl sites for hydroxylation is 1. The van der Waals surface area contributed by atoms with Gasteiger partial charge in [-0.1, -0.05) is 30.7 Å². The van der Waals surface area contributed by atoms with Crippen LogP contribution in [0.15, 0.2) is 86.5 Å². The van der Waals surface area contributed by atoms with Gasteiger partial charge in [-0.25, -0.2) is 59.4 Å². The second-order valence-corrected chi connectivity index (χ2v) is 25.0. The van der Waals surface area contributed by atoms with Crippen molar-refractivity contribution in [1.29, 1.82) is 0 Å². The normalized spacial score (nSPS) is 11.7. The SMILES string of the molecule is CCOC(=O)C(Cl)Cc1cc(-n2nc(C)n(C(F)F)c2=O)c(F)cc1Cl.CCS(=O)(=O)c1cccnc1S(=O)(=O)NC(=O)Nc1nc(OC)cc(OC)n1.O=C(Nc1nc(OC(F)F)cc(OC(F)F)n1)NS(=O)(=O)c1ccccc1C(=O)O.O=C(O)CNCP(=O)(O)O. The number of aromatic carboxylic acids is 1. The molecule has 0 aliphatic rings. The first-order valence-corrected chi connectivity index (χ1v) is 32.1. The van der Waals surface area contributed by atoms with Crippen LogP contribution in [0.1, 0.15) is 42.1 Å². The molecular weight excluding hydrogens is 1420 g/mol. The Kier molecular flexibility index (Phi) is 29.7. The first kappa shape index (κ1) is 79.1. The smallest absolute Gasteiger partial charge is 0.388 e. The van der Waals surface area contributed by atoms with Crippen LogP contribution in [0.25, 0.3) is 5.69 Å². The molecule has 0 radical (unpaired) electrons. The summed E-state index contributed by atoms with van der Waals surface area (Å²) in [5.74, 6) is -8.04. The number of sulfone groups is 1. The molecule has 4 heterocycles. The van der Waals surface area contributed by atoms with Crippen molar-refractivity contribution in [3.8, 4) is 29.2 Å². The molecule has 0 aliphatic heterocycles. The number of carbonyl (C=O) groups is 5. The third kappa shape index (κ3) is 24.7. The van der Waals surface area contributed by atoms with Gasteiger partial charge in [0.05, 0.1) is 57.1 Å². The lowest BCUT2D eigenvalue weighted by Gasteiger charge is -2.12. The molecule has 35 nitrogen and oxygen atoms in total. The number of urea groups is 2. The molecule has 516 valence electrons. The number of methoxy groups -OCH3 is 2. The highest BCUT2D eigenvalue weighted by Crippen LogP contribution is 2.32. The molecule has 94 heavy (non-hydrogen) atoms. The molecule has 0 aliphatic carbocycles. The number of alkyl halides is 7. The van der Waals surface area contributed by atoms with Gasteiger partial charge in [0, 0.05) is 17.6 Å². The van der Waals surface area contributed by atoms with Crippen LogP contribution in [0.4, 0.5) is 52.2 Å². The van der Waals surface area contributed by atoms with Crippen molar-refractivity contribution in [2.75, 3.05) is 50.0 Å². The van der Waals surface area contributed by atoms with E-state index < -0.39 is 155 Å². The van der Waals surface area contributed by atoms with Crippen molar-refractivity contribution in [2.45, 2.75) is 67.2 Å². The number of sulfonamides is 2. The van der Waals surface area contributed by atoms with E-state index in [9.17, 15) is 89.3 Å². The van der Waals surface area contributed by atoms with Gasteiger partial charge in [-0.15, -0.1) is 16.7 Å². The zero-order valence-electron chi connectivity index (χ0n) is 48.0. The largest absolute Gasteiger partial charge is 0.481 e. The van der Waals surface area contributed by atoms with Gasteiger partial charge in [-0.05, 0) is 55.8 Å². The third-order valence-electron chi connectivity index (χ3n) is 10.3. The number of anilines is 2. The van der Waals surface area contributed by atoms with Crippen molar-refractivity contribution in [2.24, 2.45) is 0 Å². The molecule has 0 saturated heterocycles. The van der Waals surface area contributed by atoms with Crippen molar-refractivity contribution in [3.63, 3.8) is 0 Å². The zero-order chi connectivity index (χ0) is 71.2. The van der Waals surface area contributed by atoms with Crippen molar-refractivity contribution < 1.29 is 128 Å². The molecule has 1 atom stereocenters. The summed E-state index contributed by atoms with van der Waals surface area (Å²) < 4.78 is 199. The molecule has 6 aromatic rings. The predicted molar refractivity (Wildman–Crippen MR) is 306 cm³/mol. The molecule has 6 rings (SSSR count). The van der Waals surface area contributed by atoms with E-state index in [0.29, 0.717) is 10.7 Å². The maximum atomic E-state index is 14.2. The lowest BCUT2D eigenvalue weighted by Crippen LogP contribution is -2.36. The number of carboxylic acids is 2. The number of carboxylic acid groups (broad SMARTS) is 2. The minimum atomic E-state index is -4.71. The summed E-state index contributed by atoms with van der Waals surface area (Å²) in [6.45, 7) is -6.10. The topological polar surface area (TPSA) is 496 Å². The average Bonchev–Trinajstić information content (AvgIpc) is 1.42. The fourth-order valence-corrected chi connectivity index (χ4v) is 11.0. The van der Waals surface area contributed by atoms with Crippen LogP contribution in [-0.2, 0) is 55.2 Å². The molecule has 4 aromatic heterocycles. The van der Waals surface area contributed by atoms with Crippen LogP contribution in [0.5, 0.6) is 23.5 Å². The summed E-state index contributed by atoms with van der Waals surface area (Å²) in [7, 11) is -14.7. The van der Waals surface area contributed by atoms with Gasteiger partial charge in [-0.3, -0.25) is 30.1 Å². The highest BCUT2D eigenvalue weighted by Gasteiger charge is 2.30. The number of nitrogens with zero attached hydrogens (tertiary/aromatic N) is 8. The van der Waals surface area contributed by atoms with Crippen molar-refractivity contribution >= 4 is 103 Å². The Bertz CT molecular complexity index is 4120. The second-order valence-electron chi connectivity index (χ2n) is 16.9. The van der Waals surface area contributed by atoms with Crippen LogP contribution >= 0.6 is 30.8 Å². The van der Waals surface area contributed by atoms with Crippen LogP contribution < -0.4 is 50.0 Å². The summed E-state index contributed by atoms with van der Waals surface area (Å²) >= 11 is 11.9. The van der Waals surface area contributed by atoms with Gasteiger partial charge in [0.2, 0.25) is 35.4 Å². The number of hydrogen-bond donors (Lipinski definition) is 9. The van der Waals surface area contributed by atoms with Gasteiger partial charge in [0.1, 0.15) is 26.7 Å². The highest BCUT2D eigenvalue weighted by molar-refractivity contribution is 7.93. The number of carbonyl (C=O) groups excluding carboxylic acids is 3. The zero-order valence-corrected chi connectivity index (χ0v) is 52.8. The monoisotopic (exact) mass is 1470 g/mol. The van der Waals surface area contributed by atoms with Gasteiger partial charge >= 0.3 is 63.0 Å². The van der Waals surface area contributed by atoms with E-state index in [0.717, 1.165) is 36.5 Å². The molecule has 9 N–H and O–H groups in total. The Morgan fingerprint density at radius 2 is 1.26 bits per heavy atom. The van der Waals surface area contributed by atoms with E-state index in [2.05, 4.69) is 50.1 Å². The molecule has 4 amide bonds. The van der Waals surface area contributed by atoms with E-state index in [-0.39, 0.29) is 63.2 Å². The van der Waals surface area contributed by atoms with Crippen LogP contribution in [0.2, 0.25) is 5.02 Å². The molecule has 0 bridgehead atoms. The first-order chi connectivity index (χ1) is 43.7. The Morgan fingerprint density at radius 1 is 0.745 bits per heavy atom. The van der Waals surface area contributed by atoms with Crippen LogP contribution in [-0.4, -0.2) is 173 Å². The van der Waals surface area contributed by atoms with E-state index >= 15 is 0 Å². The Hall–Kier alpha value is -9.11. The fourth-order valence-electron chi connectivity index (χ4n) is 6.46. The Balaban J connectivity index is 0.000000343. The number of hydrogen-bond acceptors (Lipinski definition) is 25. The van der Waals surface area contributed by atoms with Gasteiger partial charge in [0.15, 0.2) is 20.7 Å². The molecule has 48 heteroatoms. The number of pyridine rings is 1. The summed E-state index contributed by atoms with van der Waals surface area (Å²) in [5.41, 5.74) is -2.01. The quantitative estimate of drug-likeness (QED) is 0.0168. The summed E-state index contributed by atoms with van der Waals surface area (Å²) in [5, 5.41) is 24.6. The fraction of sp³-hybridized carbons (Fsp3) is 0.304. The number of rotatable bonds is 25. The van der Waals surface area contributed by atoms with Crippen LogP contribution in [0.3, 0.4) is 0 Å². The number of aromatic nitrogens is 8. The molecule has 0 saturated carbocycles. The molecule has 2 aromatic carbocycles. The minimum absolute atomic E-state index is 0.0424. The highest BCUT2D eigenvalue weighted by atomic mass is 35.5. The third-order valence-corrected chi connectivity index (χ3v) is 16.2. The average molecular weight is 1470 g/mol. The van der Waals surface area contributed by atoms with E-state index in [4.69, 9.17) is 57.4 Å². The van der Waals surface area contributed by atoms with E-state index in [1.807, 2.05) is 0 Å². The number of amides is 4. The number of nitrogens with one attached hydrogen (secondary N) is 5. The molecule has 0 spiro atoms. The number of esters is 1. The van der Waals surface area contributed by atoms with Crippen molar-refractivity contribution in [1.82, 2.24) is 54.0 Å². The maximum absolute atomic E-state index is 14.2. The minimum Gasteiger partial charge on any atom is -0.481 e. The van der Waals surface area contributed by atoms with Gasteiger partial charge in [0.25, 0.3) is 20.0 Å². The molecular formula is C46H49Cl2F7N13O22PS3. The number of ether oxygens (including phenoxy) is 5. The maximum Gasteiger partial charge on any atom is 0.388 e. The summed E-state index contributed by atoms with van der Waals surface area (Å²) in [4.78, 5) is 102. The van der Waals surface area contributed by atoms with E-state index in [1.54, 1.807) is 17.0 Å². The standard InChI is InChI=1S/C15H14Cl2F3N3O3.C14H10F4N4O7S.C14H17N5O7S2.C3H8NO5P/c1-3-26-13(24)10(17)4-8-5-12(11(18)6-9(8)16)23-15(25)22(14(19)20)7(2)21-23;15-11(16)28-8-5-9(29-12(17)18)20-13(19-8)21-14(25)22-30(26,27)7-4-2-1-3-6(7)10(23)24;1-4-27(21,22)9-6-5-7-15-12(9)28(23,24)19-14(20)18-13-16-10(25-2)8-11(17-13)26-3;5-3(6)1-4-2-10(7,8)9/h5-6,10,14H,3-4H2,1-2H3;1-5,11-12H,(H,23,24)(H2,19,20,21,22,25);5-8H,4H2,1-3H3,(H2,16,17,18,19,20);4H,1-2H2,(H,5,6)(H2,7,8,9). The van der Waals surface area contributed by atoms with E-state index in [1.165, 1.54) is 57.1 Å². The first-order valence-electron chi connectivity index (χ1n) is 24.8. The molecule has 1 unspecified atom stereocenters. The number of benzene rings is 2. The van der Waals surface area contributed by atoms with Gasteiger partial charge in [-0.2, -0.15) is 59.4 Å². The lowest BCUT2D eigenvalue weighted by molar-refractivity contribution is -0.142. The Morgan fingerprint density at radius 3 is 1.72 bits per heavy atom.